The summed E-state index contributed by atoms with van der Waals surface area (Å²) < 4.78 is 0. The zero-order chi connectivity index (χ0) is 13.3. The maximum absolute atomic E-state index is 11.4. The normalized spacial score (nSPS) is 16.0. The molecule has 6 heteroatoms. The van der Waals surface area contributed by atoms with Crippen LogP contribution in [0.3, 0.4) is 0 Å². The third kappa shape index (κ3) is 2.37. The van der Waals surface area contributed by atoms with E-state index in [1.807, 2.05) is 25.7 Å². The molecule has 0 spiro atoms. The van der Waals surface area contributed by atoms with E-state index in [1.165, 1.54) is 0 Å². The number of nitrogens with zero attached hydrogens (tertiary/aromatic N) is 3. The summed E-state index contributed by atoms with van der Waals surface area (Å²) >= 11 is 0. The van der Waals surface area contributed by atoms with Gasteiger partial charge in [-0.25, -0.2) is 9.97 Å². The van der Waals surface area contributed by atoms with E-state index in [9.17, 15) is 4.79 Å². The van der Waals surface area contributed by atoms with Crippen LogP contribution in [-0.4, -0.2) is 35.5 Å². The number of anilines is 2. The van der Waals surface area contributed by atoms with Crippen molar-refractivity contribution in [2.45, 2.75) is 26.7 Å². The molecule has 1 aromatic heterocycles. The lowest BCUT2D eigenvalue weighted by Crippen LogP contribution is -2.48. The Morgan fingerprint density at radius 2 is 2.11 bits per heavy atom. The SMILES string of the molecule is Cc1c(N)nc(C(C)C)nc1N1CCNC(=O)C1. The third-order valence-corrected chi connectivity index (χ3v) is 3.03. The molecule has 0 saturated carbocycles. The minimum atomic E-state index is 0.0175. The Bertz CT molecular complexity index is 472. The van der Waals surface area contributed by atoms with Crippen LogP contribution >= 0.6 is 0 Å². The predicted molar refractivity (Wildman–Crippen MR) is 70.5 cm³/mol. The van der Waals surface area contributed by atoms with Gasteiger partial charge < -0.3 is 16.0 Å². The summed E-state index contributed by atoms with van der Waals surface area (Å²) in [5.41, 5.74) is 6.76. The van der Waals surface area contributed by atoms with E-state index < -0.39 is 0 Å². The van der Waals surface area contributed by atoms with Gasteiger partial charge in [0.05, 0.1) is 6.54 Å². The number of hydrogen-bond donors (Lipinski definition) is 2. The quantitative estimate of drug-likeness (QED) is 0.794. The summed E-state index contributed by atoms with van der Waals surface area (Å²) in [5, 5.41) is 2.80. The first-order valence-corrected chi connectivity index (χ1v) is 6.14. The van der Waals surface area contributed by atoms with Crippen molar-refractivity contribution in [2.75, 3.05) is 30.3 Å². The van der Waals surface area contributed by atoms with Crippen molar-refractivity contribution in [3.63, 3.8) is 0 Å². The Morgan fingerprint density at radius 1 is 1.39 bits per heavy atom. The summed E-state index contributed by atoms with van der Waals surface area (Å²) in [6, 6.07) is 0. The Labute approximate surface area is 107 Å². The smallest absolute Gasteiger partial charge is 0.239 e. The highest BCUT2D eigenvalue weighted by Gasteiger charge is 2.21. The Hall–Kier alpha value is -1.85. The van der Waals surface area contributed by atoms with Crippen molar-refractivity contribution in [1.82, 2.24) is 15.3 Å². The number of carbonyl (C=O) groups is 1. The zero-order valence-corrected chi connectivity index (χ0v) is 11.0. The third-order valence-electron chi connectivity index (χ3n) is 3.03. The van der Waals surface area contributed by atoms with Crippen LogP contribution in [0.5, 0.6) is 0 Å². The molecule has 0 unspecified atom stereocenters. The summed E-state index contributed by atoms with van der Waals surface area (Å²) in [6.07, 6.45) is 0. The molecule has 0 atom stereocenters. The molecule has 6 nitrogen and oxygen atoms in total. The molecule has 0 bridgehead atoms. The topological polar surface area (TPSA) is 84.1 Å². The molecule has 1 aromatic rings. The van der Waals surface area contributed by atoms with Gasteiger partial charge in [-0.3, -0.25) is 4.79 Å². The van der Waals surface area contributed by atoms with Crippen LogP contribution in [0.15, 0.2) is 0 Å². The second kappa shape index (κ2) is 4.80. The molecule has 1 fully saturated rings. The van der Waals surface area contributed by atoms with Crippen LogP contribution < -0.4 is 16.0 Å². The molecule has 0 aliphatic carbocycles. The fourth-order valence-electron chi connectivity index (χ4n) is 1.92. The highest BCUT2D eigenvalue weighted by atomic mass is 16.2. The summed E-state index contributed by atoms with van der Waals surface area (Å²) in [5.74, 6) is 2.23. The monoisotopic (exact) mass is 249 g/mol. The van der Waals surface area contributed by atoms with E-state index in [1.54, 1.807) is 0 Å². The van der Waals surface area contributed by atoms with Gasteiger partial charge in [0.2, 0.25) is 5.91 Å². The predicted octanol–water partition coefficient (Wildman–Crippen LogP) is 0.427. The number of aromatic nitrogens is 2. The summed E-state index contributed by atoms with van der Waals surface area (Å²) in [7, 11) is 0. The van der Waals surface area contributed by atoms with Crippen LogP contribution in [-0.2, 0) is 4.79 Å². The van der Waals surface area contributed by atoms with Gasteiger partial charge >= 0.3 is 0 Å². The van der Waals surface area contributed by atoms with Gasteiger partial charge in [0.1, 0.15) is 17.5 Å². The molecular formula is C12H19N5O. The highest BCUT2D eigenvalue weighted by molar-refractivity contribution is 5.82. The summed E-state index contributed by atoms with van der Waals surface area (Å²) in [6.45, 7) is 7.66. The fourth-order valence-corrected chi connectivity index (χ4v) is 1.92. The van der Waals surface area contributed by atoms with Crippen molar-refractivity contribution >= 4 is 17.5 Å². The molecule has 1 amide bonds. The van der Waals surface area contributed by atoms with Gasteiger partial charge in [-0.2, -0.15) is 0 Å². The van der Waals surface area contributed by atoms with Crippen LogP contribution in [0.1, 0.15) is 31.2 Å². The number of nitrogen functional groups attached to an aromatic ring is 1. The fraction of sp³-hybridized carbons (Fsp3) is 0.583. The van der Waals surface area contributed by atoms with E-state index in [-0.39, 0.29) is 11.8 Å². The molecule has 1 saturated heterocycles. The number of nitrogens with one attached hydrogen (secondary N) is 1. The average molecular weight is 249 g/mol. The Balaban J connectivity index is 2.39. The van der Waals surface area contributed by atoms with Crippen molar-refractivity contribution in [3.05, 3.63) is 11.4 Å². The van der Waals surface area contributed by atoms with Crippen LogP contribution in [0.25, 0.3) is 0 Å². The minimum Gasteiger partial charge on any atom is -0.383 e. The lowest BCUT2D eigenvalue weighted by atomic mass is 10.2. The minimum absolute atomic E-state index is 0.0175. The highest BCUT2D eigenvalue weighted by Crippen LogP contribution is 2.24. The molecule has 0 aromatic carbocycles. The second-order valence-electron chi connectivity index (χ2n) is 4.84. The number of rotatable bonds is 2. The van der Waals surface area contributed by atoms with Crippen LogP contribution in [0, 0.1) is 6.92 Å². The molecule has 2 heterocycles. The lowest BCUT2D eigenvalue weighted by Gasteiger charge is -2.29. The molecule has 2 rings (SSSR count). The average Bonchev–Trinajstić information content (AvgIpc) is 2.32. The van der Waals surface area contributed by atoms with E-state index >= 15 is 0 Å². The molecule has 1 aliphatic rings. The van der Waals surface area contributed by atoms with Crippen LogP contribution in [0.2, 0.25) is 0 Å². The molecule has 98 valence electrons. The van der Waals surface area contributed by atoms with Gasteiger partial charge in [-0.05, 0) is 6.92 Å². The standard InChI is InChI=1S/C12H19N5O/c1-7(2)11-15-10(13)8(3)12(16-11)17-5-4-14-9(18)6-17/h7H,4-6H2,1-3H3,(H,14,18)(H2,13,15,16). The van der Waals surface area contributed by atoms with Crippen molar-refractivity contribution in [3.8, 4) is 0 Å². The first-order chi connectivity index (χ1) is 8.49. The van der Waals surface area contributed by atoms with E-state index in [0.717, 1.165) is 23.8 Å². The number of carbonyl (C=O) groups excluding carboxylic acids is 1. The molecule has 3 N–H and O–H groups in total. The maximum Gasteiger partial charge on any atom is 0.239 e. The van der Waals surface area contributed by atoms with Gasteiger partial charge in [-0.15, -0.1) is 0 Å². The molecule has 18 heavy (non-hydrogen) atoms. The number of piperazine rings is 1. The van der Waals surface area contributed by atoms with Gasteiger partial charge in [-0.1, -0.05) is 13.8 Å². The van der Waals surface area contributed by atoms with Crippen molar-refractivity contribution < 1.29 is 4.79 Å². The first-order valence-electron chi connectivity index (χ1n) is 6.14. The van der Waals surface area contributed by atoms with E-state index in [4.69, 9.17) is 5.73 Å². The summed E-state index contributed by atoms with van der Waals surface area (Å²) in [4.78, 5) is 22.2. The van der Waals surface area contributed by atoms with Gasteiger partial charge in [0, 0.05) is 24.6 Å². The van der Waals surface area contributed by atoms with Gasteiger partial charge in [0.15, 0.2) is 0 Å². The molecule has 0 radical (unpaired) electrons. The van der Waals surface area contributed by atoms with Crippen LogP contribution in [0.4, 0.5) is 11.6 Å². The van der Waals surface area contributed by atoms with Crippen molar-refractivity contribution in [1.29, 1.82) is 0 Å². The number of nitrogens with two attached hydrogens (primary N) is 1. The second-order valence-corrected chi connectivity index (χ2v) is 4.84. The van der Waals surface area contributed by atoms with Gasteiger partial charge in [0.25, 0.3) is 0 Å². The lowest BCUT2D eigenvalue weighted by molar-refractivity contribution is -0.120. The Kier molecular flexibility index (Phi) is 3.36. The Morgan fingerprint density at radius 3 is 2.72 bits per heavy atom. The van der Waals surface area contributed by atoms with E-state index in [0.29, 0.717) is 18.9 Å². The van der Waals surface area contributed by atoms with Crippen molar-refractivity contribution in [2.24, 2.45) is 0 Å². The van der Waals surface area contributed by atoms with E-state index in [2.05, 4.69) is 15.3 Å². The molecule has 1 aliphatic heterocycles. The number of hydrogen-bond acceptors (Lipinski definition) is 5. The first kappa shape index (κ1) is 12.6. The largest absolute Gasteiger partial charge is 0.383 e. The maximum atomic E-state index is 11.4. The number of amides is 1. The molecular weight excluding hydrogens is 230 g/mol. The zero-order valence-electron chi connectivity index (χ0n) is 11.0.